The third kappa shape index (κ3) is 5.32. The average Bonchev–Trinajstić information content (AvgIpc) is 3.36. The Morgan fingerprint density at radius 2 is 1.78 bits per heavy atom. The summed E-state index contributed by atoms with van der Waals surface area (Å²) in [7, 11) is 1.65. The molecule has 1 amide bonds. The van der Waals surface area contributed by atoms with Crippen molar-refractivity contribution in [2.24, 2.45) is 5.92 Å². The van der Waals surface area contributed by atoms with Crippen LogP contribution in [0.5, 0.6) is 5.75 Å². The van der Waals surface area contributed by atoms with Gasteiger partial charge in [0, 0.05) is 30.6 Å². The minimum atomic E-state index is 0.0360. The number of aryl methyl sites for hydroxylation is 1. The van der Waals surface area contributed by atoms with Crippen molar-refractivity contribution >= 4 is 17.4 Å². The number of carbonyl (C=O) groups excluding carboxylic acids is 1. The average molecular weight is 485 g/mol. The number of fused-ring (bicyclic) bond motifs is 1. The van der Waals surface area contributed by atoms with E-state index in [2.05, 4.69) is 51.6 Å². The smallest absolute Gasteiger partial charge is 0.223 e. The van der Waals surface area contributed by atoms with Crippen LogP contribution in [0.1, 0.15) is 31.7 Å². The summed E-state index contributed by atoms with van der Waals surface area (Å²) in [6, 6.07) is 22.2. The number of rotatable bonds is 8. The molecule has 1 atom stereocenters. The molecule has 186 valence electrons. The molecule has 1 aliphatic heterocycles. The number of methoxy groups -OCH3 is 1. The lowest BCUT2D eigenvalue weighted by Crippen LogP contribution is -2.43. The molecule has 1 N–H and O–H groups in total. The van der Waals surface area contributed by atoms with E-state index < -0.39 is 0 Å². The number of amides is 1. The van der Waals surface area contributed by atoms with Gasteiger partial charge in [0.2, 0.25) is 5.91 Å². The summed E-state index contributed by atoms with van der Waals surface area (Å²) >= 11 is 0. The summed E-state index contributed by atoms with van der Waals surface area (Å²) in [5.74, 6) is 2.55. The fourth-order valence-electron chi connectivity index (χ4n) is 4.70. The van der Waals surface area contributed by atoms with Crippen LogP contribution in [0.25, 0.3) is 17.0 Å². The number of ether oxygens (including phenoxy) is 1. The summed E-state index contributed by atoms with van der Waals surface area (Å²) in [5.41, 5.74) is 2.92. The maximum atomic E-state index is 12.9. The van der Waals surface area contributed by atoms with Gasteiger partial charge in [-0.25, -0.2) is 0 Å². The van der Waals surface area contributed by atoms with Gasteiger partial charge in [-0.05, 0) is 74.6 Å². The molecule has 36 heavy (non-hydrogen) atoms. The second-order valence-corrected chi connectivity index (χ2v) is 9.41. The van der Waals surface area contributed by atoms with Crippen molar-refractivity contribution in [2.45, 2.75) is 38.6 Å². The lowest BCUT2D eigenvalue weighted by atomic mass is 9.95. The molecule has 0 aliphatic carbocycles. The predicted octanol–water partition coefficient (Wildman–Crippen LogP) is 4.15. The second-order valence-electron chi connectivity index (χ2n) is 9.41. The highest BCUT2D eigenvalue weighted by Crippen LogP contribution is 2.25. The molecule has 0 unspecified atom stereocenters. The maximum Gasteiger partial charge on any atom is 0.223 e. The van der Waals surface area contributed by atoms with E-state index in [0.717, 1.165) is 55.9 Å². The largest absolute Gasteiger partial charge is 0.497 e. The number of hydrogen-bond acceptors (Lipinski definition) is 6. The first-order valence-electron chi connectivity index (χ1n) is 12.6. The first-order valence-corrected chi connectivity index (χ1v) is 12.6. The number of benzene rings is 2. The molecule has 1 aliphatic rings. The van der Waals surface area contributed by atoms with Gasteiger partial charge in [-0.2, -0.15) is 4.52 Å². The van der Waals surface area contributed by atoms with Gasteiger partial charge in [0.05, 0.1) is 7.11 Å². The van der Waals surface area contributed by atoms with Gasteiger partial charge in [-0.15, -0.1) is 15.3 Å². The van der Waals surface area contributed by atoms with Gasteiger partial charge >= 0.3 is 0 Å². The lowest BCUT2D eigenvalue weighted by molar-refractivity contribution is -0.126. The van der Waals surface area contributed by atoms with Crippen molar-refractivity contribution in [3.63, 3.8) is 0 Å². The Labute approximate surface area is 211 Å². The zero-order chi connectivity index (χ0) is 24.9. The molecule has 8 nitrogen and oxygen atoms in total. The van der Waals surface area contributed by atoms with Crippen molar-refractivity contribution in [1.29, 1.82) is 0 Å². The van der Waals surface area contributed by atoms with Crippen molar-refractivity contribution in [3.05, 3.63) is 72.3 Å². The van der Waals surface area contributed by atoms with Crippen LogP contribution in [0.3, 0.4) is 0 Å². The Morgan fingerprint density at radius 3 is 2.50 bits per heavy atom. The molecule has 4 aromatic rings. The quantitative estimate of drug-likeness (QED) is 0.404. The number of carbonyl (C=O) groups is 1. The normalized spacial score (nSPS) is 15.1. The molecule has 0 bridgehead atoms. The zero-order valence-electron chi connectivity index (χ0n) is 20.8. The van der Waals surface area contributed by atoms with Gasteiger partial charge in [0.15, 0.2) is 11.5 Å². The zero-order valence-corrected chi connectivity index (χ0v) is 20.8. The van der Waals surface area contributed by atoms with Crippen molar-refractivity contribution in [1.82, 2.24) is 25.1 Å². The van der Waals surface area contributed by atoms with E-state index in [0.29, 0.717) is 11.5 Å². The number of nitrogens with one attached hydrogen (secondary N) is 1. The molecule has 5 rings (SSSR count). The first kappa shape index (κ1) is 23.8. The summed E-state index contributed by atoms with van der Waals surface area (Å²) in [4.78, 5) is 15.1. The molecule has 8 heteroatoms. The second kappa shape index (κ2) is 10.8. The molecular weight excluding hydrogens is 452 g/mol. The number of piperidine rings is 1. The first-order chi connectivity index (χ1) is 17.6. The highest BCUT2D eigenvalue weighted by molar-refractivity contribution is 5.79. The van der Waals surface area contributed by atoms with Gasteiger partial charge in [0.1, 0.15) is 11.6 Å². The molecule has 1 fully saturated rings. The van der Waals surface area contributed by atoms with E-state index >= 15 is 0 Å². The third-order valence-electron chi connectivity index (χ3n) is 6.88. The molecule has 2 aromatic carbocycles. The van der Waals surface area contributed by atoms with E-state index in [1.165, 1.54) is 5.56 Å². The van der Waals surface area contributed by atoms with Crippen molar-refractivity contribution in [2.75, 3.05) is 25.1 Å². The molecular formula is C28H32N6O2. The van der Waals surface area contributed by atoms with Gasteiger partial charge in [-0.1, -0.05) is 30.3 Å². The van der Waals surface area contributed by atoms with Crippen LogP contribution in [0.15, 0.2) is 66.7 Å². The van der Waals surface area contributed by atoms with Crippen molar-refractivity contribution < 1.29 is 9.53 Å². The summed E-state index contributed by atoms with van der Waals surface area (Å²) < 4.78 is 7.04. The molecule has 1 saturated heterocycles. The Bertz CT molecular complexity index is 1300. The fourth-order valence-corrected chi connectivity index (χ4v) is 4.70. The van der Waals surface area contributed by atoms with E-state index in [4.69, 9.17) is 9.84 Å². The highest BCUT2D eigenvalue weighted by atomic mass is 16.5. The van der Waals surface area contributed by atoms with E-state index in [1.54, 1.807) is 11.6 Å². The highest BCUT2D eigenvalue weighted by Gasteiger charge is 2.27. The van der Waals surface area contributed by atoms with E-state index in [-0.39, 0.29) is 17.9 Å². The van der Waals surface area contributed by atoms with Gasteiger partial charge in [-0.3, -0.25) is 4.79 Å². The fraction of sp³-hybridized carbons (Fsp3) is 0.357. The molecule has 0 saturated carbocycles. The standard InChI is InChI=1S/C28H32N6O2/c1-20(8-9-21-6-4-3-5-7-21)29-28(35)23-16-18-33(19-17-23)26-15-14-25-30-31-27(34(25)32-26)22-10-12-24(36-2)13-11-22/h3-7,10-15,20,23H,8-9,16-19H2,1-2H3,(H,29,35)/t20-/m1/s1. The number of aromatic nitrogens is 4. The number of nitrogens with zero attached hydrogens (tertiary/aromatic N) is 5. The summed E-state index contributed by atoms with van der Waals surface area (Å²) in [5, 5.41) is 16.7. The summed E-state index contributed by atoms with van der Waals surface area (Å²) in [6.45, 7) is 3.67. The Morgan fingerprint density at radius 1 is 1.03 bits per heavy atom. The molecule has 0 radical (unpaired) electrons. The SMILES string of the molecule is COc1ccc(-c2nnc3ccc(N4CCC(C(=O)N[C@H](C)CCc5ccccc5)CC4)nn23)cc1. The Kier molecular flexibility index (Phi) is 7.11. The van der Waals surface area contributed by atoms with Crippen LogP contribution in [-0.2, 0) is 11.2 Å². The third-order valence-corrected chi connectivity index (χ3v) is 6.88. The van der Waals surface area contributed by atoms with E-state index in [1.807, 2.05) is 42.5 Å². The maximum absolute atomic E-state index is 12.9. The minimum Gasteiger partial charge on any atom is -0.497 e. The van der Waals surface area contributed by atoms with Crippen LogP contribution in [-0.4, -0.2) is 52.0 Å². The van der Waals surface area contributed by atoms with Crippen LogP contribution in [0, 0.1) is 5.92 Å². The monoisotopic (exact) mass is 484 g/mol. The summed E-state index contributed by atoms with van der Waals surface area (Å²) in [6.07, 6.45) is 3.53. The topological polar surface area (TPSA) is 84.7 Å². The van der Waals surface area contributed by atoms with Gasteiger partial charge < -0.3 is 15.0 Å². The van der Waals surface area contributed by atoms with Crippen LogP contribution in [0.2, 0.25) is 0 Å². The minimum absolute atomic E-state index is 0.0360. The molecule has 2 aromatic heterocycles. The van der Waals surface area contributed by atoms with E-state index in [9.17, 15) is 4.79 Å². The predicted molar refractivity (Wildman–Crippen MR) is 140 cm³/mol. The van der Waals surface area contributed by atoms with Crippen LogP contribution in [0.4, 0.5) is 5.82 Å². The lowest BCUT2D eigenvalue weighted by Gasteiger charge is -2.32. The molecule has 3 heterocycles. The Balaban J connectivity index is 1.18. The number of anilines is 1. The Hall–Kier alpha value is -3.94. The van der Waals surface area contributed by atoms with Crippen LogP contribution >= 0.6 is 0 Å². The molecule has 0 spiro atoms. The van der Waals surface area contributed by atoms with Crippen LogP contribution < -0.4 is 15.0 Å². The van der Waals surface area contributed by atoms with Crippen molar-refractivity contribution in [3.8, 4) is 17.1 Å². The van der Waals surface area contributed by atoms with Gasteiger partial charge in [0.25, 0.3) is 0 Å². The number of hydrogen-bond donors (Lipinski definition) is 1.